The van der Waals surface area contributed by atoms with E-state index in [4.69, 9.17) is 15.2 Å². The molecule has 0 unspecified atom stereocenters. The minimum absolute atomic E-state index is 0.0425. The van der Waals surface area contributed by atoms with E-state index in [1.54, 1.807) is 17.8 Å². The molecule has 0 saturated heterocycles. The van der Waals surface area contributed by atoms with Gasteiger partial charge in [-0.15, -0.1) is 0 Å². The predicted octanol–water partition coefficient (Wildman–Crippen LogP) is 2.41. The number of thioether (sulfide) groups is 1. The van der Waals surface area contributed by atoms with Crippen LogP contribution in [0.15, 0.2) is 35.3 Å². The number of amides is 1. The molecule has 0 aliphatic carbocycles. The summed E-state index contributed by atoms with van der Waals surface area (Å²) in [5, 5.41) is 3.39. The Kier molecular flexibility index (Phi) is 5.50. The van der Waals surface area contributed by atoms with Crippen molar-refractivity contribution in [3.8, 4) is 11.8 Å². The fourth-order valence-corrected chi connectivity index (χ4v) is 3.70. The van der Waals surface area contributed by atoms with Crippen LogP contribution in [-0.4, -0.2) is 41.0 Å². The molecule has 3 rings (SSSR count). The summed E-state index contributed by atoms with van der Waals surface area (Å²) in [6.07, 6.45) is 0.867. The lowest BCUT2D eigenvalue weighted by Crippen LogP contribution is -2.28. The van der Waals surface area contributed by atoms with Gasteiger partial charge in [0.2, 0.25) is 17.6 Å². The number of rotatable bonds is 5. The van der Waals surface area contributed by atoms with Crippen LogP contribution in [0.25, 0.3) is 0 Å². The molecule has 1 aliphatic rings. The minimum atomic E-state index is -0.461. The zero-order valence-corrected chi connectivity index (χ0v) is 16.2. The number of hydrogen-bond acceptors (Lipinski definition) is 8. The van der Waals surface area contributed by atoms with Gasteiger partial charge in [0, 0.05) is 11.4 Å². The first-order valence-electron chi connectivity index (χ1n) is 8.30. The summed E-state index contributed by atoms with van der Waals surface area (Å²) in [5.74, 6) is 0.895. The highest BCUT2D eigenvalue weighted by molar-refractivity contribution is 8.13. The van der Waals surface area contributed by atoms with E-state index in [2.05, 4.69) is 20.3 Å². The Morgan fingerprint density at radius 3 is 2.56 bits per heavy atom. The summed E-state index contributed by atoms with van der Waals surface area (Å²) in [6.45, 7) is 2.04. The van der Waals surface area contributed by atoms with Gasteiger partial charge >= 0.3 is 0 Å². The van der Waals surface area contributed by atoms with Crippen LogP contribution in [0.4, 0.5) is 5.69 Å². The summed E-state index contributed by atoms with van der Waals surface area (Å²) < 4.78 is 10.2. The highest BCUT2D eigenvalue weighted by atomic mass is 32.2. The van der Waals surface area contributed by atoms with Gasteiger partial charge in [-0.3, -0.25) is 9.79 Å². The Labute approximate surface area is 161 Å². The number of carbonyl (C=O) groups excluding carboxylic acids is 1. The second-order valence-electron chi connectivity index (χ2n) is 6.13. The third-order valence-corrected chi connectivity index (χ3v) is 5.03. The van der Waals surface area contributed by atoms with Crippen molar-refractivity contribution in [2.75, 3.05) is 25.3 Å². The number of carbonyl (C=O) groups is 1. The van der Waals surface area contributed by atoms with Crippen LogP contribution in [0.1, 0.15) is 29.5 Å². The molecule has 27 heavy (non-hydrogen) atoms. The Hall–Kier alpha value is -2.81. The van der Waals surface area contributed by atoms with Gasteiger partial charge in [-0.25, -0.2) is 0 Å². The lowest BCUT2D eigenvalue weighted by Gasteiger charge is -2.30. The second kappa shape index (κ2) is 7.83. The fraction of sp³-hybridized carbons (Fsp3) is 0.333. The molecule has 0 spiro atoms. The minimum Gasteiger partial charge on any atom is -0.481 e. The topological polar surface area (TPSA) is 112 Å². The molecule has 0 bridgehead atoms. The molecule has 0 saturated carbocycles. The maximum absolute atomic E-state index is 12.6. The lowest BCUT2D eigenvalue weighted by molar-refractivity contribution is 0.101. The van der Waals surface area contributed by atoms with E-state index in [0.29, 0.717) is 10.9 Å². The van der Waals surface area contributed by atoms with Crippen molar-refractivity contribution in [2.45, 2.75) is 18.9 Å². The van der Waals surface area contributed by atoms with E-state index in [1.807, 2.05) is 25.1 Å². The molecule has 1 aromatic carbocycles. The Morgan fingerprint density at radius 1 is 1.22 bits per heavy atom. The predicted molar refractivity (Wildman–Crippen MR) is 106 cm³/mol. The summed E-state index contributed by atoms with van der Waals surface area (Å²) in [7, 11) is 2.92. The van der Waals surface area contributed by atoms with E-state index >= 15 is 0 Å². The molecule has 0 fully saturated rings. The molecular weight excluding hydrogens is 366 g/mol. The Morgan fingerprint density at radius 2 is 1.93 bits per heavy atom. The zero-order valence-electron chi connectivity index (χ0n) is 15.4. The van der Waals surface area contributed by atoms with Crippen molar-refractivity contribution in [3.05, 3.63) is 41.7 Å². The Bertz CT molecular complexity index is 867. The molecule has 2 heterocycles. The average molecular weight is 387 g/mol. The number of ether oxygens (including phenoxy) is 2. The third-order valence-electron chi connectivity index (χ3n) is 4.24. The number of nitrogens with one attached hydrogen (secondary N) is 1. The number of benzene rings is 1. The van der Waals surface area contributed by atoms with Crippen molar-refractivity contribution < 1.29 is 14.3 Å². The van der Waals surface area contributed by atoms with Gasteiger partial charge in [0.25, 0.3) is 5.91 Å². The average Bonchev–Trinajstić information content (AvgIpc) is 2.67. The molecule has 1 aromatic heterocycles. The standard InChI is InChI=1S/C18H21N5O3S/c1-18(7-8-27-17(19)23-18)11-5-4-6-12(9-11)20-16(24)15-21-13(25-2)10-14(22-15)26-3/h4-6,9-10H,7-8H2,1-3H3,(H2,19,23)(H,20,24)/t18-/m0/s1. The molecule has 1 amide bonds. The first-order valence-corrected chi connectivity index (χ1v) is 9.29. The van der Waals surface area contributed by atoms with Gasteiger partial charge in [-0.05, 0) is 31.0 Å². The van der Waals surface area contributed by atoms with E-state index in [1.165, 1.54) is 20.3 Å². The number of methoxy groups -OCH3 is 2. The maximum atomic E-state index is 12.6. The number of amidine groups is 1. The first kappa shape index (κ1) is 19.0. The normalized spacial score (nSPS) is 19.1. The number of anilines is 1. The molecule has 2 aromatic rings. The van der Waals surface area contributed by atoms with Crippen LogP contribution >= 0.6 is 11.8 Å². The maximum Gasteiger partial charge on any atom is 0.293 e. The monoisotopic (exact) mass is 387 g/mol. The molecule has 142 valence electrons. The molecule has 0 radical (unpaired) electrons. The summed E-state index contributed by atoms with van der Waals surface area (Å²) in [4.78, 5) is 25.3. The number of nitrogens with two attached hydrogens (primary N) is 1. The highest BCUT2D eigenvalue weighted by Gasteiger charge is 2.29. The molecule has 3 N–H and O–H groups in total. The van der Waals surface area contributed by atoms with E-state index in [0.717, 1.165) is 17.7 Å². The van der Waals surface area contributed by atoms with E-state index in [9.17, 15) is 4.79 Å². The zero-order chi connectivity index (χ0) is 19.4. The largest absolute Gasteiger partial charge is 0.481 e. The van der Waals surface area contributed by atoms with Gasteiger partial charge in [0.15, 0.2) is 5.17 Å². The quantitative estimate of drug-likeness (QED) is 0.810. The van der Waals surface area contributed by atoms with Crippen LogP contribution in [0, 0.1) is 0 Å². The van der Waals surface area contributed by atoms with Gasteiger partial charge in [0.1, 0.15) is 0 Å². The summed E-state index contributed by atoms with van der Waals surface area (Å²) in [6, 6.07) is 9.04. The van der Waals surface area contributed by atoms with E-state index < -0.39 is 11.4 Å². The van der Waals surface area contributed by atoms with Crippen molar-refractivity contribution in [2.24, 2.45) is 10.7 Å². The number of aliphatic imine (C=N–C) groups is 1. The van der Waals surface area contributed by atoms with Gasteiger partial charge in [-0.2, -0.15) is 9.97 Å². The lowest BCUT2D eigenvalue weighted by atomic mass is 9.89. The van der Waals surface area contributed by atoms with Crippen molar-refractivity contribution in [1.82, 2.24) is 9.97 Å². The van der Waals surface area contributed by atoms with Crippen LogP contribution in [0.2, 0.25) is 0 Å². The van der Waals surface area contributed by atoms with Gasteiger partial charge in [-0.1, -0.05) is 23.9 Å². The number of nitrogens with zero attached hydrogens (tertiary/aromatic N) is 3. The van der Waals surface area contributed by atoms with Crippen molar-refractivity contribution >= 4 is 28.5 Å². The van der Waals surface area contributed by atoms with Gasteiger partial charge in [0.05, 0.1) is 25.8 Å². The van der Waals surface area contributed by atoms with Crippen molar-refractivity contribution in [1.29, 1.82) is 0 Å². The van der Waals surface area contributed by atoms with E-state index in [-0.39, 0.29) is 17.6 Å². The third kappa shape index (κ3) is 4.30. The van der Waals surface area contributed by atoms with Crippen LogP contribution in [0.3, 0.4) is 0 Å². The number of aromatic nitrogens is 2. The number of hydrogen-bond donors (Lipinski definition) is 2. The van der Waals surface area contributed by atoms with Crippen molar-refractivity contribution in [3.63, 3.8) is 0 Å². The van der Waals surface area contributed by atoms with Crippen LogP contribution in [-0.2, 0) is 5.54 Å². The molecule has 8 nitrogen and oxygen atoms in total. The van der Waals surface area contributed by atoms with Crippen LogP contribution < -0.4 is 20.5 Å². The van der Waals surface area contributed by atoms with Gasteiger partial charge < -0.3 is 20.5 Å². The summed E-state index contributed by atoms with van der Waals surface area (Å²) in [5.41, 5.74) is 7.09. The molecule has 1 atom stereocenters. The fourth-order valence-electron chi connectivity index (χ4n) is 2.73. The molecule has 9 heteroatoms. The molecule has 1 aliphatic heterocycles. The SMILES string of the molecule is COc1cc(OC)nc(C(=O)Nc2cccc([C@]3(C)CCSC(N)=N3)c2)n1. The first-order chi connectivity index (χ1) is 12.9. The summed E-state index contributed by atoms with van der Waals surface area (Å²) >= 11 is 1.55. The Balaban J connectivity index is 1.84. The second-order valence-corrected chi connectivity index (χ2v) is 7.25. The molecular formula is C18H21N5O3S. The van der Waals surface area contributed by atoms with Crippen LogP contribution in [0.5, 0.6) is 11.8 Å². The smallest absolute Gasteiger partial charge is 0.293 e. The highest BCUT2D eigenvalue weighted by Crippen LogP contribution is 2.35.